The summed E-state index contributed by atoms with van der Waals surface area (Å²) in [7, 11) is 0. The molecule has 0 aliphatic heterocycles. The smallest absolute Gasteiger partial charge is 0.342 e. The Morgan fingerprint density at radius 3 is 2.42 bits per heavy atom. The van der Waals surface area contributed by atoms with E-state index in [1.165, 1.54) is 43.7 Å². The number of Topliss-reactive ketones (excluding diaryl/α,β-unsaturated/α-hetero) is 1. The highest BCUT2D eigenvalue weighted by molar-refractivity contribution is 6.00. The largest absolute Gasteiger partial charge is 0.507 e. The van der Waals surface area contributed by atoms with Crippen LogP contribution in [0.1, 0.15) is 69.9 Å². The fourth-order valence-electron chi connectivity index (χ4n) is 3.49. The first-order valence-electron chi connectivity index (χ1n) is 9.15. The first-order valence-corrected chi connectivity index (χ1v) is 9.15. The Hall–Kier alpha value is -2.62. The van der Waals surface area contributed by atoms with Gasteiger partial charge in [0.25, 0.3) is 0 Å². The van der Waals surface area contributed by atoms with E-state index in [1.807, 2.05) is 24.3 Å². The quantitative estimate of drug-likeness (QED) is 0.621. The van der Waals surface area contributed by atoms with Crippen LogP contribution in [-0.4, -0.2) is 23.5 Å². The molecule has 0 atom stereocenters. The molecule has 4 heteroatoms. The van der Waals surface area contributed by atoms with Gasteiger partial charge in [-0.1, -0.05) is 55.7 Å². The zero-order chi connectivity index (χ0) is 18.5. The standard InChI is InChI=1S/C22H24O4/c1-15-6-5-9-19(21(15)24)22(25)26-14-20(23)18-12-10-17(11-13-18)16-7-3-2-4-8-16/h5-6,9-13,16,24H,2-4,7-8,14H2,1H3. The van der Waals surface area contributed by atoms with E-state index in [-0.39, 0.29) is 23.7 Å². The third-order valence-corrected chi connectivity index (χ3v) is 5.10. The van der Waals surface area contributed by atoms with Gasteiger partial charge in [0, 0.05) is 5.56 Å². The van der Waals surface area contributed by atoms with E-state index in [9.17, 15) is 14.7 Å². The van der Waals surface area contributed by atoms with Crippen molar-refractivity contribution in [3.8, 4) is 5.75 Å². The molecule has 1 aliphatic rings. The van der Waals surface area contributed by atoms with Gasteiger partial charge in [-0.25, -0.2) is 4.79 Å². The molecule has 4 nitrogen and oxygen atoms in total. The number of carbonyl (C=O) groups excluding carboxylic acids is 2. The molecule has 2 aromatic carbocycles. The Kier molecular flexibility index (Phi) is 5.71. The van der Waals surface area contributed by atoms with Crippen molar-refractivity contribution in [2.75, 3.05) is 6.61 Å². The minimum absolute atomic E-state index is 0.0745. The Balaban J connectivity index is 1.59. The number of carbonyl (C=O) groups is 2. The summed E-state index contributed by atoms with van der Waals surface area (Å²) in [4.78, 5) is 24.4. The summed E-state index contributed by atoms with van der Waals surface area (Å²) in [6.07, 6.45) is 6.28. The molecule has 0 heterocycles. The van der Waals surface area contributed by atoms with Gasteiger partial charge in [0.15, 0.2) is 12.4 Å². The SMILES string of the molecule is Cc1cccc(C(=O)OCC(=O)c2ccc(C3CCCCC3)cc2)c1O. The average Bonchev–Trinajstić information content (AvgIpc) is 2.69. The van der Waals surface area contributed by atoms with Gasteiger partial charge < -0.3 is 9.84 Å². The van der Waals surface area contributed by atoms with Crippen LogP contribution in [-0.2, 0) is 4.74 Å². The third kappa shape index (κ3) is 4.13. The number of hydrogen-bond donors (Lipinski definition) is 1. The minimum Gasteiger partial charge on any atom is -0.507 e. The van der Waals surface area contributed by atoms with Crippen molar-refractivity contribution < 1.29 is 19.4 Å². The highest BCUT2D eigenvalue weighted by atomic mass is 16.5. The Morgan fingerprint density at radius 1 is 1.04 bits per heavy atom. The fourth-order valence-corrected chi connectivity index (χ4v) is 3.49. The molecule has 0 radical (unpaired) electrons. The van der Waals surface area contributed by atoms with Gasteiger partial charge >= 0.3 is 5.97 Å². The Bertz CT molecular complexity index is 786. The van der Waals surface area contributed by atoms with Crippen LogP contribution < -0.4 is 0 Å². The molecule has 3 rings (SSSR count). The van der Waals surface area contributed by atoms with Gasteiger partial charge in [0.05, 0.1) is 0 Å². The zero-order valence-corrected chi connectivity index (χ0v) is 15.0. The topological polar surface area (TPSA) is 63.6 Å². The van der Waals surface area contributed by atoms with Crippen LogP contribution >= 0.6 is 0 Å². The molecule has 0 bridgehead atoms. The summed E-state index contributed by atoms with van der Waals surface area (Å²) in [6.45, 7) is 1.36. The van der Waals surface area contributed by atoms with E-state index < -0.39 is 5.97 Å². The van der Waals surface area contributed by atoms with Crippen LogP contribution in [0, 0.1) is 6.92 Å². The summed E-state index contributed by atoms with van der Waals surface area (Å²) in [5.74, 6) is -0.462. The third-order valence-electron chi connectivity index (χ3n) is 5.10. The number of para-hydroxylation sites is 1. The van der Waals surface area contributed by atoms with E-state index in [0.717, 1.165) is 0 Å². The maximum absolute atomic E-state index is 12.3. The summed E-state index contributed by atoms with van der Waals surface area (Å²) in [5.41, 5.74) is 2.48. The molecule has 0 aromatic heterocycles. The maximum atomic E-state index is 12.3. The monoisotopic (exact) mass is 352 g/mol. The molecule has 0 amide bonds. The second-order valence-electron chi connectivity index (χ2n) is 6.93. The van der Waals surface area contributed by atoms with Crippen molar-refractivity contribution >= 4 is 11.8 Å². The van der Waals surface area contributed by atoms with E-state index in [1.54, 1.807) is 19.1 Å². The van der Waals surface area contributed by atoms with E-state index in [0.29, 0.717) is 17.0 Å². The number of ketones is 1. The molecular formula is C22H24O4. The fraction of sp³-hybridized carbons (Fsp3) is 0.364. The highest BCUT2D eigenvalue weighted by Gasteiger charge is 2.18. The van der Waals surface area contributed by atoms with E-state index in [4.69, 9.17) is 4.74 Å². The predicted octanol–water partition coefficient (Wildman–Crippen LogP) is 4.79. The Labute approximate surface area is 153 Å². The van der Waals surface area contributed by atoms with Crippen LogP contribution in [0.5, 0.6) is 5.75 Å². The first kappa shape index (κ1) is 18.2. The molecule has 2 aromatic rings. The van der Waals surface area contributed by atoms with Gasteiger partial charge in [-0.15, -0.1) is 0 Å². The van der Waals surface area contributed by atoms with E-state index >= 15 is 0 Å². The number of benzene rings is 2. The Morgan fingerprint density at radius 2 is 1.73 bits per heavy atom. The zero-order valence-electron chi connectivity index (χ0n) is 15.0. The number of phenolic OH excluding ortho intramolecular Hbond substituents is 1. The lowest BCUT2D eigenvalue weighted by Crippen LogP contribution is -2.14. The average molecular weight is 352 g/mol. The molecule has 0 unspecified atom stereocenters. The highest BCUT2D eigenvalue weighted by Crippen LogP contribution is 2.32. The van der Waals surface area contributed by atoms with Crippen molar-refractivity contribution in [2.24, 2.45) is 0 Å². The van der Waals surface area contributed by atoms with Crippen LogP contribution in [0.3, 0.4) is 0 Å². The predicted molar refractivity (Wildman–Crippen MR) is 99.7 cm³/mol. The molecule has 26 heavy (non-hydrogen) atoms. The number of esters is 1. The molecule has 1 aliphatic carbocycles. The van der Waals surface area contributed by atoms with Crippen molar-refractivity contribution in [1.82, 2.24) is 0 Å². The number of aryl methyl sites for hydroxylation is 1. The van der Waals surface area contributed by atoms with Crippen molar-refractivity contribution in [3.63, 3.8) is 0 Å². The maximum Gasteiger partial charge on any atom is 0.342 e. The molecule has 1 fully saturated rings. The lowest BCUT2D eigenvalue weighted by Gasteiger charge is -2.22. The minimum atomic E-state index is -0.696. The summed E-state index contributed by atoms with van der Waals surface area (Å²) >= 11 is 0. The molecule has 0 saturated heterocycles. The molecular weight excluding hydrogens is 328 g/mol. The molecule has 1 saturated carbocycles. The summed E-state index contributed by atoms with van der Waals surface area (Å²) < 4.78 is 5.08. The van der Waals surface area contributed by atoms with Crippen LogP contribution in [0.25, 0.3) is 0 Å². The van der Waals surface area contributed by atoms with Crippen LogP contribution in [0.4, 0.5) is 0 Å². The second kappa shape index (κ2) is 8.17. The van der Waals surface area contributed by atoms with Gasteiger partial charge in [-0.05, 0) is 42.9 Å². The molecule has 1 N–H and O–H groups in total. The number of hydrogen-bond acceptors (Lipinski definition) is 4. The number of phenols is 1. The van der Waals surface area contributed by atoms with Gasteiger partial charge in [-0.2, -0.15) is 0 Å². The van der Waals surface area contributed by atoms with E-state index in [2.05, 4.69) is 0 Å². The van der Waals surface area contributed by atoms with Crippen molar-refractivity contribution in [2.45, 2.75) is 44.9 Å². The van der Waals surface area contributed by atoms with Crippen molar-refractivity contribution in [1.29, 1.82) is 0 Å². The lowest BCUT2D eigenvalue weighted by molar-refractivity contribution is 0.0471. The van der Waals surface area contributed by atoms with Gasteiger partial charge in [-0.3, -0.25) is 4.79 Å². The normalized spacial score (nSPS) is 14.8. The molecule has 136 valence electrons. The summed E-state index contributed by atoms with van der Waals surface area (Å²) in [5, 5.41) is 9.92. The van der Waals surface area contributed by atoms with Crippen molar-refractivity contribution in [3.05, 3.63) is 64.7 Å². The van der Waals surface area contributed by atoms with Gasteiger partial charge in [0.2, 0.25) is 0 Å². The van der Waals surface area contributed by atoms with Crippen LogP contribution in [0.2, 0.25) is 0 Å². The van der Waals surface area contributed by atoms with Crippen LogP contribution in [0.15, 0.2) is 42.5 Å². The number of ether oxygens (including phenoxy) is 1. The summed E-state index contributed by atoms with van der Waals surface area (Å²) in [6, 6.07) is 12.5. The second-order valence-corrected chi connectivity index (χ2v) is 6.93. The molecule has 0 spiro atoms. The first-order chi connectivity index (χ1) is 12.6. The van der Waals surface area contributed by atoms with Gasteiger partial charge in [0.1, 0.15) is 11.3 Å². The number of rotatable bonds is 5. The lowest BCUT2D eigenvalue weighted by atomic mass is 9.84. The number of aromatic hydroxyl groups is 1.